The van der Waals surface area contributed by atoms with Gasteiger partial charge in [-0.3, -0.25) is 14.6 Å². The molecule has 0 aliphatic carbocycles. The summed E-state index contributed by atoms with van der Waals surface area (Å²) < 4.78 is 7.31. The maximum Gasteiger partial charge on any atom is 0.359 e. The van der Waals surface area contributed by atoms with Gasteiger partial charge in [-0.05, 0) is 30.2 Å². The molecule has 0 saturated carbocycles. The van der Waals surface area contributed by atoms with Crippen molar-refractivity contribution in [2.24, 2.45) is 0 Å². The largest absolute Gasteiger partial charge is 0.461 e. The van der Waals surface area contributed by atoms with Gasteiger partial charge in [-0.25, -0.2) is 4.79 Å². The Morgan fingerprint density at radius 1 is 1.03 bits per heavy atom. The maximum atomic E-state index is 12.7. The fraction of sp³-hybridized carbons (Fsp3) is 0.269. The van der Waals surface area contributed by atoms with Gasteiger partial charge >= 0.3 is 5.97 Å². The zero-order valence-electron chi connectivity index (χ0n) is 18.2. The van der Waals surface area contributed by atoms with Crippen molar-refractivity contribution in [2.75, 3.05) is 13.2 Å². The smallest absolute Gasteiger partial charge is 0.359 e. The summed E-state index contributed by atoms with van der Waals surface area (Å²) in [6, 6.07) is 20.5. The van der Waals surface area contributed by atoms with Crippen molar-refractivity contribution in [2.45, 2.75) is 33.0 Å². The van der Waals surface area contributed by atoms with E-state index in [1.165, 1.54) is 16.5 Å². The van der Waals surface area contributed by atoms with Crippen LogP contribution in [-0.4, -0.2) is 38.8 Å². The second-order valence-corrected chi connectivity index (χ2v) is 8.09. The molecule has 6 nitrogen and oxygen atoms in total. The minimum absolute atomic E-state index is 0.339. The Labute approximate surface area is 187 Å². The lowest BCUT2D eigenvalue weighted by atomic mass is 10.0. The third-order valence-corrected chi connectivity index (χ3v) is 5.99. The number of ether oxygens (including phenoxy) is 1. The molecule has 0 N–H and O–H groups in total. The van der Waals surface area contributed by atoms with Gasteiger partial charge in [0.25, 0.3) is 0 Å². The van der Waals surface area contributed by atoms with E-state index in [2.05, 4.69) is 34.1 Å². The van der Waals surface area contributed by atoms with Crippen LogP contribution in [0, 0.1) is 0 Å². The Bertz CT molecular complexity index is 1240. The van der Waals surface area contributed by atoms with Crippen LogP contribution in [0.5, 0.6) is 0 Å². The molecule has 0 radical (unpaired) electrons. The SMILES string of the molecule is CCOC(=O)c1nn(Cc2ccccc2)c2c1CN(Cc1ccnc3ccccc13)CC2. The van der Waals surface area contributed by atoms with E-state index < -0.39 is 0 Å². The number of esters is 1. The third-order valence-electron chi connectivity index (χ3n) is 5.99. The van der Waals surface area contributed by atoms with Gasteiger partial charge in [-0.2, -0.15) is 5.10 Å². The summed E-state index contributed by atoms with van der Waals surface area (Å²) >= 11 is 0. The van der Waals surface area contributed by atoms with Gasteiger partial charge < -0.3 is 4.74 Å². The fourth-order valence-electron chi connectivity index (χ4n) is 4.47. The molecule has 2 aromatic heterocycles. The van der Waals surface area contributed by atoms with Gasteiger partial charge in [-0.1, -0.05) is 48.5 Å². The number of hydrogen-bond acceptors (Lipinski definition) is 5. The molecular weight excluding hydrogens is 400 g/mol. The number of pyridine rings is 1. The van der Waals surface area contributed by atoms with Gasteiger partial charge in [0.05, 0.1) is 18.7 Å². The molecule has 0 unspecified atom stereocenters. The highest BCUT2D eigenvalue weighted by molar-refractivity contribution is 5.89. The topological polar surface area (TPSA) is 60.2 Å². The average molecular weight is 427 g/mol. The van der Waals surface area contributed by atoms with E-state index in [4.69, 9.17) is 9.84 Å². The highest BCUT2D eigenvalue weighted by Crippen LogP contribution is 2.27. The van der Waals surface area contributed by atoms with Crippen LogP contribution in [0.1, 0.15) is 39.8 Å². The molecule has 5 rings (SSSR count). The summed E-state index contributed by atoms with van der Waals surface area (Å²) in [7, 11) is 0. The summed E-state index contributed by atoms with van der Waals surface area (Å²) in [5.74, 6) is -0.341. The maximum absolute atomic E-state index is 12.7. The summed E-state index contributed by atoms with van der Waals surface area (Å²) in [4.78, 5) is 19.6. The molecule has 1 aliphatic rings. The number of benzene rings is 2. The number of rotatable bonds is 6. The molecular formula is C26H26N4O2. The molecule has 0 fully saturated rings. The number of fused-ring (bicyclic) bond motifs is 2. The Balaban J connectivity index is 1.45. The number of para-hydroxylation sites is 1. The lowest BCUT2D eigenvalue weighted by Gasteiger charge is -2.28. The first-order chi connectivity index (χ1) is 15.7. The first kappa shape index (κ1) is 20.4. The van der Waals surface area contributed by atoms with Crippen molar-refractivity contribution in [3.63, 3.8) is 0 Å². The van der Waals surface area contributed by atoms with Gasteiger partial charge in [0.15, 0.2) is 5.69 Å². The van der Waals surface area contributed by atoms with E-state index in [0.29, 0.717) is 25.4 Å². The highest BCUT2D eigenvalue weighted by atomic mass is 16.5. The Morgan fingerprint density at radius 2 is 1.84 bits per heavy atom. The number of carbonyl (C=O) groups excluding carboxylic acids is 1. The molecule has 1 aliphatic heterocycles. The standard InChI is InChI=1S/C26H26N4O2/c1-2-32-26(31)25-22-18-29(17-20-12-14-27-23-11-7-6-10-21(20)23)15-13-24(22)30(28-25)16-19-8-4-3-5-9-19/h3-12,14H,2,13,15-18H2,1H3. The van der Waals surface area contributed by atoms with Crippen LogP contribution < -0.4 is 0 Å². The average Bonchev–Trinajstić information content (AvgIpc) is 3.18. The Morgan fingerprint density at radius 3 is 2.69 bits per heavy atom. The molecule has 0 saturated heterocycles. The van der Waals surface area contributed by atoms with Gasteiger partial charge in [0.2, 0.25) is 0 Å². The molecule has 0 atom stereocenters. The van der Waals surface area contributed by atoms with E-state index >= 15 is 0 Å². The van der Waals surface area contributed by atoms with E-state index in [0.717, 1.165) is 36.3 Å². The van der Waals surface area contributed by atoms with Gasteiger partial charge in [-0.15, -0.1) is 0 Å². The molecule has 162 valence electrons. The summed E-state index contributed by atoms with van der Waals surface area (Å²) in [6.07, 6.45) is 2.71. The van der Waals surface area contributed by atoms with Crippen LogP contribution in [0.2, 0.25) is 0 Å². The predicted molar refractivity (Wildman–Crippen MR) is 123 cm³/mol. The van der Waals surface area contributed by atoms with Crippen molar-refractivity contribution >= 4 is 16.9 Å². The van der Waals surface area contributed by atoms with E-state index in [-0.39, 0.29) is 5.97 Å². The minimum atomic E-state index is -0.341. The van der Waals surface area contributed by atoms with Crippen LogP contribution in [0.3, 0.4) is 0 Å². The number of aromatic nitrogens is 3. The third kappa shape index (κ3) is 4.01. The lowest BCUT2D eigenvalue weighted by molar-refractivity contribution is 0.0515. The van der Waals surface area contributed by atoms with Gasteiger partial charge in [0.1, 0.15) is 0 Å². The van der Waals surface area contributed by atoms with Crippen molar-refractivity contribution in [1.82, 2.24) is 19.7 Å². The second-order valence-electron chi connectivity index (χ2n) is 8.09. The molecule has 6 heteroatoms. The quantitative estimate of drug-likeness (QED) is 0.432. The van der Waals surface area contributed by atoms with Gasteiger partial charge in [0, 0.05) is 48.9 Å². The van der Waals surface area contributed by atoms with Crippen molar-refractivity contribution in [1.29, 1.82) is 0 Å². The molecule has 2 aromatic carbocycles. The molecule has 32 heavy (non-hydrogen) atoms. The van der Waals surface area contributed by atoms with E-state index in [9.17, 15) is 4.79 Å². The second kappa shape index (κ2) is 8.93. The van der Waals surface area contributed by atoms with E-state index in [1.807, 2.05) is 54.2 Å². The zero-order valence-corrected chi connectivity index (χ0v) is 18.2. The summed E-state index contributed by atoms with van der Waals surface area (Å²) in [5.41, 5.74) is 5.98. The monoisotopic (exact) mass is 426 g/mol. The molecule has 4 aromatic rings. The molecule has 0 spiro atoms. The van der Waals surface area contributed by atoms with Crippen LogP contribution in [0.25, 0.3) is 10.9 Å². The zero-order chi connectivity index (χ0) is 21.9. The van der Waals surface area contributed by atoms with Crippen LogP contribution in [0.4, 0.5) is 0 Å². The van der Waals surface area contributed by atoms with Crippen molar-refractivity contribution in [3.8, 4) is 0 Å². The fourth-order valence-corrected chi connectivity index (χ4v) is 4.47. The first-order valence-electron chi connectivity index (χ1n) is 11.1. The lowest BCUT2D eigenvalue weighted by Crippen LogP contribution is -2.31. The molecule has 0 amide bonds. The van der Waals surface area contributed by atoms with Crippen LogP contribution in [-0.2, 0) is 30.8 Å². The first-order valence-corrected chi connectivity index (χ1v) is 11.1. The number of nitrogens with zero attached hydrogens (tertiary/aromatic N) is 4. The van der Waals surface area contributed by atoms with Crippen molar-refractivity contribution in [3.05, 3.63) is 94.9 Å². The Hall–Kier alpha value is -3.51. The normalized spacial score (nSPS) is 13.8. The summed E-state index contributed by atoms with van der Waals surface area (Å²) in [5, 5.41) is 5.87. The minimum Gasteiger partial charge on any atom is -0.461 e. The molecule has 3 heterocycles. The summed E-state index contributed by atoms with van der Waals surface area (Å²) in [6.45, 7) is 5.20. The van der Waals surface area contributed by atoms with Crippen LogP contribution >= 0.6 is 0 Å². The highest BCUT2D eigenvalue weighted by Gasteiger charge is 2.29. The van der Waals surface area contributed by atoms with Crippen LogP contribution in [0.15, 0.2) is 66.9 Å². The van der Waals surface area contributed by atoms with Crippen molar-refractivity contribution < 1.29 is 9.53 Å². The van der Waals surface area contributed by atoms with E-state index in [1.54, 1.807) is 0 Å². The number of hydrogen-bond donors (Lipinski definition) is 0. The molecule has 0 bridgehead atoms. The number of carbonyl (C=O) groups is 1. The predicted octanol–water partition coefficient (Wildman–Crippen LogP) is 4.21. The Kier molecular flexibility index (Phi) is 5.69.